The van der Waals surface area contributed by atoms with E-state index >= 15 is 0 Å². The summed E-state index contributed by atoms with van der Waals surface area (Å²) in [7, 11) is -5.19. The van der Waals surface area contributed by atoms with Gasteiger partial charge in [0.15, 0.2) is 8.32 Å². The van der Waals surface area contributed by atoms with Gasteiger partial charge in [0.1, 0.15) is 0 Å². The van der Waals surface area contributed by atoms with Gasteiger partial charge in [-0.15, -0.1) is 0 Å². The second-order valence-corrected chi connectivity index (χ2v) is 14.9. The minimum absolute atomic E-state index is 0.0597. The molecule has 5 nitrogen and oxygen atoms in total. The predicted octanol–water partition coefficient (Wildman–Crippen LogP) is 4.12. The molecule has 1 atom stereocenters. The molecule has 0 spiro atoms. The predicted molar refractivity (Wildman–Crippen MR) is 109 cm³/mol. The van der Waals surface area contributed by atoms with Gasteiger partial charge in [-0.05, 0) is 35.8 Å². The van der Waals surface area contributed by atoms with E-state index in [-0.39, 0.29) is 11.1 Å². The van der Waals surface area contributed by atoms with Gasteiger partial charge >= 0.3 is 0 Å². The van der Waals surface area contributed by atoms with Crippen LogP contribution in [0.4, 0.5) is 5.69 Å². The molecule has 1 aromatic carbocycles. The zero-order chi connectivity index (χ0) is 19.5. The summed E-state index contributed by atoms with van der Waals surface area (Å²) in [5.74, 6) is 0. The lowest BCUT2D eigenvalue weighted by molar-refractivity contribution is 0.177. The summed E-state index contributed by atoms with van der Waals surface area (Å²) in [4.78, 5) is 0. The van der Waals surface area contributed by atoms with E-state index in [0.29, 0.717) is 11.7 Å². The Hall–Kier alpha value is -0.893. The van der Waals surface area contributed by atoms with Gasteiger partial charge in [-0.25, -0.2) is 8.42 Å². The minimum Gasteiger partial charge on any atom is -0.409 e. The molecular weight excluding hydrogens is 352 g/mol. The first-order valence-corrected chi connectivity index (χ1v) is 13.5. The van der Waals surface area contributed by atoms with Gasteiger partial charge in [0.2, 0.25) is 10.0 Å². The van der Waals surface area contributed by atoms with Crippen molar-refractivity contribution in [1.82, 2.24) is 5.32 Å². The number of hydrogen-bond acceptors (Lipinski definition) is 4. The number of rotatable bonds is 8. The number of benzene rings is 1. The van der Waals surface area contributed by atoms with Gasteiger partial charge in [-0.2, -0.15) is 0 Å². The Morgan fingerprint density at radius 2 is 1.64 bits per heavy atom. The zero-order valence-electron chi connectivity index (χ0n) is 16.8. The van der Waals surface area contributed by atoms with Crippen molar-refractivity contribution in [2.45, 2.75) is 64.9 Å². The Balaban J connectivity index is 3.03. The smallest absolute Gasteiger partial charge is 0.229 e. The van der Waals surface area contributed by atoms with Crippen molar-refractivity contribution < 1.29 is 12.8 Å². The van der Waals surface area contributed by atoms with Crippen LogP contribution in [0.25, 0.3) is 0 Å². The lowest BCUT2D eigenvalue weighted by atomic mass is 10.1. The fourth-order valence-electron chi connectivity index (χ4n) is 2.08. The quantitative estimate of drug-likeness (QED) is 0.660. The monoisotopic (exact) mass is 386 g/mol. The number of anilines is 1. The highest BCUT2D eigenvalue weighted by Crippen LogP contribution is 2.39. The van der Waals surface area contributed by atoms with E-state index in [1.807, 2.05) is 12.1 Å². The topological polar surface area (TPSA) is 67.4 Å². The van der Waals surface area contributed by atoms with E-state index < -0.39 is 18.3 Å². The molecule has 144 valence electrons. The maximum atomic E-state index is 11.4. The highest BCUT2D eigenvalue weighted by Gasteiger charge is 2.39. The van der Waals surface area contributed by atoms with Crippen molar-refractivity contribution in [3.63, 3.8) is 0 Å². The van der Waals surface area contributed by atoms with E-state index in [2.05, 4.69) is 57.8 Å². The number of sulfonamides is 1. The summed E-state index contributed by atoms with van der Waals surface area (Å²) in [5.41, 5.74) is 1.62. The molecule has 0 fully saturated rings. The van der Waals surface area contributed by atoms with E-state index in [9.17, 15) is 8.42 Å². The summed E-state index contributed by atoms with van der Waals surface area (Å²) in [5, 5.41) is 3.58. The summed E-state index contributed by atoms with van der Waals surface area (Å²) in [6, 6.07) is 7.82. The third-order valence-corrected chi connectivity index (χ3v) is 9.63. The van der Waals surface area contributed by atoms with Crippen molar-refractivity contribution in [2.75, 3.05) is 17.5 Å². The summed E-state index contributed by atoms with van der Waals surface area (Å²) >= 11 is 0. The highest BCUT2D eigenvalue weighted by molar-refractivity contribution is 7.92. The van der Waals surface area contributed by atoms with Crippen LogP contribution in [0.1, 0.15) is 46.3 Å². The summed E-state index contributed by atoms with van der Waals surface area (Å²) in [6.07, 6.45) is 1.09. The van der Waals surface area contributed by atoms with Crippen molar-refractivity contribution in [2.24, 2.45) is 0 Å². The van der Waals surface area contributed by atoms with Crippen molar-refractivity contribution in [3.8, 4) is 0 Å². The SMILES string of the molecule is CC(C)NCC(O[Si](C)(C)C(C)(C)C)c1ccc(NS(C)(=O)=O)cc1. The van der Waals surface area contributed by atoms with E-state index in [4.69, 9.17) is 4.43 Å². The van der Waals surface area contributed by atoms with E-state index in [1.54, 1.807) is 12.1 Å². The molecule has 1 unspecified atom stereocenters. The second kappa shape index (κ2) is 8.20. The molecule has 0 aliphatic rings. The van der Waals surface area contributed by atoms with Gasteiger partial charge in [0.05, 0.1) is 12.4 Å². The van der Waals surface area contributed by atoms with Gasteiger partial charge in [-0.1, -0.05) is 46.8 Å². The van der Waals surface area contributed by atoms with Gasteiger partial charge in [-0.3, -0.25) is 4.72 Å². The van der Waals surface area contributed by atoms with Gasteiger partial charge in [0.25, 0.3) is 0 Å². The lowest BCUT2D eigenvalue weighted by Gasteiger charge is -2.39. The fourth-order valence-corrected chi connectivity index (χ4v) is 3.93. The molecule has 7 heteroatoms. The molecule has 0 radical (unpaired) electrons. The largest absolute Gasteiger partial charge is 0.409 e. The van der Waals surface area contributed by atoms with Crippen LogP contribution in [0.2, 0.25) is 18.1 Å². The maximum Gasteiger partial charge on any atom is 0.229 e. The van der Waals surface area contributed by atoms with Gasteiger partial charge < -0.3 is 9.74 Å². The third kappa shape index (κ3) is 7.48. The van der Waals surface area contributed by atoms with Crippen LogP contribution in [-0.2, 0) is 14.4 Å². The van der Waals surface area contributed by atoms with Crippen LogP contribution in [-0.4, -0.2) is 35.6 Å². The molecule has 0 heterocycles. The van der Waals surface area contributed by atoms with Crippen LogP contribution >= 0.6 is 0 Å². The average molecular weight is 387 g/mol. The Kier molecular flexibility index (Phi) is 7.27. The Bertz CT molecular complexity index is 650. The fraction of sp³-hybridized carbons (Fsp3) is 0.667. The summed E-state index contributed by atoms with van der Waals surface area (Å²) < 4.78 is 31.8. The molecule has 0 aromatic heterocycles. The van der Waals surface area contributed by atoms with Crippen molar-refractivity contribution in [1.29, 1.82) is 0 Å². The molecule has 0 saturated carbocycles. The third-order valence-electron chi connectivity index (χ3n) is 4.54. The van der Waals surface area contributed by atoms with Crippen LogP contribution in [0.15, 0.2) is 24.3 Å². The molecule has 1 aromatic rings. The van der Waals surface area contributed by atoms with Crippen molar-refractivity contribution in [3.05, 3.63) is 29.8 Å². The molecule has 0 amide bonds. The molecule has 1 rings (SSSR count). The molecule has 0 bridgehead atoms. The molecule has 0 saturated heterocycles. The zero-order valence-corrected chi connectivity index (χ0v) is 18.6. The highest BCUT2D eigenvalue weighted by atomic mass is 32.2. The van der Waals surface area contributed by atoms with Gasteiger partial charge in [0, 0.05) is 18.3 Å². The van der Waals surface area contributed by atoms with Crippen LogP contribution < -0.4 is 10.0 Å². The summed E-state index contributed by atoms with van der Waals surface area (Å²) in [6.45, 7) is 16.1. The van der Waals surface area contributed by atoms with E-state index in [0.717, 1.165) is 18.4 Å². The standard InChI is InChI=1S/C18H34N2O3SSi/c1-14(2)19-13-17(23-25(7,8)18(3,4)5)15-9-11-16(12-10-15)20-24(6,21)22/h9-12,14,17,19-20H,13H2,1-8H3. The Morgan fingerprint density at radius 1 is 1.12 bits per heavy atom. The van der Waals surface area contributed by atoms with Crippen LogP contribution in [0, 0.1) is 0 Å². The van der Waals surface area contributed by atoms with Crippen LogP contribution in [0.5, 0.6) is 0 Å². The number of hydrogen-bond donors (Lipinski definition) is 2. The minimum atomic E-state index is -3.27. The molecule has 25 heavy (non-hydrogen) atoms. The second-order valence-electron chi connectivity index (χ2n) is 8.43. The van der Waals surface area contributed by atoms with E-state index in [1.165, 1.54) is 0 Å². The van der Waals surface area contributed by atoms with Crippen LogP contribution in [0.3, 0.4) is 0 Å². The molecule has 2 N–H and O–H groups in total. The lowest BCUT2D eigenvalue weighted by Crippen LogP contribution is -2.44. The average Bonchev–Trinajstić information content (AvgIpc) is 2.41. The molecule has 0 aliphatic carbocycles. The van der Waals surface area contributed by atoms with Crippen molar-refractivity contribution >= 4 is 24.0 Å². The maximum absolute atomic E-state index is 11.4. The first kappa shape index (κ1) is 22.1. The Morgan fingerprint density at radius 3 is 2.04 bits per heavy atom. The molecule has 0 aliphatic heterocycles. The molecular formula is C18H34N2O3SSi. The Labute approximate surface area is 154 Å². The normalized spacial score (nSPS) is 14.6. The first-order valence-electron chi connectivity index (χ1n) is 8.70. The first-order chi connectivity index (χ1) is 11.2. The number of nitrogens with one attached hydrogen (secondary N) is 2.